The van der Waals surface area contributed by atoms with Crippen molar-refractivity contribution >= 4 is 63.9 Å². The molecule has 0 amide bonds. The number of aromatic nitrogens is 3. The Labute approximate surface area is 273 Å². The van der Waals surface area contributed by atoms with E-state index in [0.29, 0.717) is 40.5 Å². The molecule has 4 fully saturated rings. The molecule has 4 atom stereocenters. The first-order valence-electron chi connectivity index (χ1n) is 15.0. The molecule has 2 unspecified atom stereocenters. The number of piperazine rings is 1. The molecule has 0 radical (unpaired) electrons. The van der Waals surface area contributed by atoms with E-state index in [-0.39, 0.29) is 53.7 Å². The summed E-state index contributed by atoms with van der Waals surface area (Å²) in [6.45, 7) is 4.00. The number of benzene rings is 2. The number of fused-ring (bicyclic) bond motifs is 5. The number of pyridine rings is 1. The van der Waals surface area contributed by atoms with Gasteiger partial charge >= 0.3 is 6.01 Å². The average molecular weight is 662 g/mol. The van der Waals surface area contributed by atoms with Gasteiger partial charge in [-0.05, 0) is 50.1 Å². The van der Waals surface area contributed by atoms with Gasteiger partial charge in [0, 0.05) is 61.0 Å². The number of rotatable bonds is 6. The molecule has 234 valence electrons. The van der Waals surface area contributed by atoms with Crippen LogP contribution < -0.4 is 15.0 Å². The molecule has 6 heterocycles. The van der Waals surface area contributed by atoms with Gasteiger partial charge in [-0.25, -0.2) is 4.39 Å². The lowest BCUT2D eigenvalue weighted by atomic mass is 9.94. The Hall–Kier alpha value is -2.53. The third kappa shape index (κ3) is 5.25. The van der Waals surface area contributed by atoms with Gasteiger partial charge in [0.05, 0.1) is 17.0 Å². The normalized spacial score (nSPS) is 26.1. The second kappa shape index (κ2) is 12.3. The number of hydrogen-bond acceptors (Lipinski definition) is 8. The molecule has 0 aliphatic carbocycles. The van der Waals surface area contributed by atoms with Gasteiger partial charge in [-0.3, -0.25) is 9.88 Å². The van der Waals surface area contributed by atoms with Gasteiger partial charge in [0.1, 0.15) is 23.6 Å². The quantitative estimate of drug-likeness (QED) is 0.268. The molecular weight excluding hydrogens is 626 g/mol. The number of hydrogen-bond donors (Lipinski definition) is 1. The lowest BCUT2D eigenvalue weighted by Gasteiger charge is -2.34. The molecule has 2 aromatic heterocycles. The van der Waals surface area contributed by atoms with Gasteiger partial charge in [0.15, 0.2) is 5.82 Å². The second-order valence-corrected chi connectivity index (χ2v) is 12.7. The van der Waals surface area contributed by atoms with Crippen LogP contribution in [0.25, 0.3) is 32.9 Å². The maximum atomic E-state index is 16.7. The van der Waals surface area contributed by atoms with Crippen molar-refractivity contribution in [2.24, 2.45) is 0 Å². The van der Waals surface area contributed by atoms with E-state index in [1.54, 1.807) is 13.3 Å². The van der Waals surface area contributed by atoms with Gasteiger partial charge in [-0.15, -0.1) is 24.8 Å². The molecule has 2 bridgehead atoms. The van der Waals surface area contributed by atoms with Gasteiger partial charge in [0.25, 0.3) is 0 Å². The average Bonchev–Trinajstić information content (AvgIpc) is 3.67. The SMILES string of the molecule is COC1CN2CCCC2(COc2nc(N3C[C@H]4CC[C@@H](C3)N4)c3cnc(-c4cccc5cccc(Cl)c45)c(F)c3n2)C1.Cl.Cl. The fourth-order valence-electron chi connectivity index (χ4n) is 7.80. The summed E-state index contributed by atoms with van der Waals surface area (Å²) in [5.41, 5.74) is 0.973. The Balaban J connectivity index is 0.00000171. The van der Waals surface area contributed by atoms with Crippen molar-refractivity contribution in [3.8, 4) is 17.3 Å². The minimum atomic E-state index is -0.493. The topological polar surface area (TPSA) is 75.6 Å². The van der Waals surface area contributed by atoms with E-state index in [1.807, 2.05) is 36.4 Å². The third-order valence-electron chi connectivity index (χ3n) is 9.84. The summed E-state index contributed by atoms with van der Waals surface area (Å²) < 4.78 is 28.8. The van der Waals surface area contributed by atoms with Gasteiger partial charge in [-0.1, -0.05) is 41.9 Å². The summed E-state index contributed by atoms with van der Waals surface area (Å²) in [4.78, 5) is 19.0. The summed E-state index contributed by atoms with van der Waals surface area (Å²) in [5, 5.41) is 6.52. The van der Waals surface area contributed by atoms with Crippen molar-refractivity contribution in [1.82, 2.24) is 25.2 Å². The van der Waals surface area contributed by atoms with E-state index in [4.69, 9.17) is 31.0 Å². The van der Waals surface area contributed by atoms with Crippen LogP contribution in [0.3, 0.4) is 0 Å². The molecule has 0 saturated carbocycles. The second-order valence-electron chi connectivity index (χ2n) is 12.3. The van der Waals surface area contributed by atoms with Crippen LogP contribution in [0.4, 0.5) is 10.2 Å². The number of anilines is 1. The molecule has 44 heavy (non-hydrogen) atoms. The largest absolute Gasteiger partial charge is 0.461 e. The smallest absolute Gasteiger partial charge is 0.319 e. The van der Waals surface area contributed by atoms with Crippen LogP contribution in [-0.4, -0.2) is 83.5 Å². The predicted molar refractivity (Wildman–Crippen MR) is 176 cm³/mol. The highest BCUT2D eigenvalue weighted by Crippen LogP contribution is 2.41. The van der Waals surface area contributed by atoms with Crippen LogP contribution in [0.5, 0.6) is 6.01 Å². The van der Waals surface area contributed by atoms with Gasteiger partial charge < -0.3 is 19.7 Å². The number of methoxy groups -OCH3 is 1. The number of halogens is 4. The zero-order valence-electron chi connectivity index (χ0n) is 24.5. The fraction of sp³-hybridized carbons (Fsp3) is 0.469. The van der Waals surface area contributed by atoms with Crippen LogP contribution in [0.1, 0.15) is 32.1 Å². The maximum absolute atomic E-state index is 16.7. The number of nitrogens with one attached hydrogen (secondary N) is 1. The van der Waals surface area contributed by atoms with E-state index in [0.717, 1.165) is 69.1 Å². The lowest BCUT2D eigenvalue weighted by molar-refractivity contribution is 0.0997. The summed E-state index contributed by atoms with van der Waals surface area (Å²) in [5.74, 6) is 0.191. The summed E-state index contributed by atoms with van der Waals surface area (Å²) in [7, 11) is 1.78. The molecule has 0 spiro atoms. The molecule has 4 aliphatic rings. The van der Waals surface area contributed by atoms with Crippen molar-refractivity contribution < 1.29 is 13.9 Å². The first kappa shape index (κ1) is 31.5. The summed E-state index contributed by atoms with van der Waals surface area (Å²) >= 11 is 6.61. The van der Waals surface area contributed by atoms with Crippen LogP contribution >= 0.6 is 36.4 Å². The van der Waals surface area contributed by atoms with Gasteiger partial charge in [-0.2, -0.15) is 9.97 Å². The standard InChI is InChI=1S/C32H34ClFN6O2.2ClH/c1-41-22-13-32(11-4-12-40(32)17-22)18-42-31-37-29-24(30(38-31)39-15-20-9-10-21(16-39)36-20)14-35-28(27(29)34)23-7-2-5-19-6-3-8-25(33)26(19)23;;/h2-3,5-8,14,20-22,36H,4,9-13,15-18H2,1H3;2*1H/t20-,21+,22?,32?;;. The zero-order valence-corrected chi connectivity index (χ0v) is 26.9. The summed E-state index contributed by atoms with van der Waals surface area (Å²) in [6, 6.07) is 12.4. The molecule has 8 rings (SSSR count). The Morgan fingerprint density at radius 2 is 1.84 bits per heavy atom. The molecule has 8 nitrogen and oxygen atoms in total. The van der Waals surface area contributed by atoms with Crippen molar-refractivity contribution in [1.29, 1.82) is 0 Å². The lowest BCUT2D eigenvalue weighted by Crippen LogP contribution is -2.51. The van der Waals surface area contributed by atoms with E-state index in [1.165, 1.54) is 0 Å². The molecule has 4 saturated heterocycles. The Morgan fingerprint density at radius 3 is 2.61 bits per heavy atom. The highest BCUT2D eigenvalue weighted by molar-refractivity contribution is 6.36. The van der Waals surface area contributed by atoms with Crippen molar-refractivity contribution in [3.63, 3.8) is 0 Å². The minimum absolute atomic E-state index is 0. The number of ether oxygens (including phenoxy) is 2. The first-order valence-corrected chi connectivity index (χ1v) is 15.3. The summed E-state index contributed by atoms with van der Waals surface area (Å²) in [6.07, 6.45) is 7.25. The van der Waals surface area contributed by atoms with Crippen LogP contribution in [0.15, 0.2) is 42.6 Å². The van der Waals surface area contributed by atoms with Crippen molar-refractivity contribution in [3.05, 3.63) is 53.4 Å². The van der Waals surface area contributed by atoms with E-state index >= 15 is 4.39 Å². The highest BCUT2D eigenvalue weighted by atomic mass is 35.5. The Kier molecular flexibility index (Phi) is 8.82. The van der Waals surface area contributed by atoms with E-state index in [9.17, 15) is 0 Å². The maximum Gasteiger partial charge on any atom is 0.319 e. The van der Waals surface area contributed by atoms with E-state index < -0.39 is 5.82 Å². The molecule has 1 N–H and O–H groups in total. The van der Waals surface area contributed by atoms with Crippen molar-refractivity contribution in [2.45, 2.75) is 55.8 Å². The Morgan fingerprint density at radius 1 is 1.07 bits per heavy atom. The van der Waals surface area contributed by atoms with E-state index in [2.05, 4.69) is 20.1 Å². The highest BCUT2D eigenvalue weighted by Gasteiger charge is 2.49. The predicted octanol–water partition coefficient (Wildman–Crippen LogP) is 6.05. The third-order valence-corrected chi connectivity index (χ3v) is 10.2. The van der Waals surface area contributed by atoms with Crippen molar-refractivity contribution in [2.75, 3.05) is 44.8 Å². The van der Waals surface area contributed by atoms with Crippen LogP contribution in [-0.2, 0) is 4.74 Å². The van der Waals surface area contributed by atoms with Gasteiger partial charge in [0.2, 0.25) is 0 Å². The van der Waals surface area contributed by atoms with Crippen LogP contribution in [0, 0.1) is 5.82 Å². The molecule has 4 aliphatic heterocycles. The zero-order chi connectivity index (χ0) is 28.4. The van der Waals surface area contributed by atoms with Crippen LogP contribution in [0.2, 0.25) is 5.02 Å². The first-order chi connectivity index (χ1) is 20.5. The molecule has 2 aromatic carbocycles. The monoisotopic (exact) mass is 660 g/mol. The Bertz CT molecular complexity index is 1680. The molecule has 12 heteroatoms. The fourth-order valence-corrected chi connectivity index (χ4v) is 8.08. The number of nitrogens with zero attached hydrogens (tertiary/aromatic N) is 5. The molecular formula is C32H36Cl3FN6O2. The minimum Gasteiger partial charge on any atom is -0.461 e. The molecule has 4 aromatic rings.